The van der Waals surface area contributed by atoms with Gasteiger partial charge in [-0.15, -0.1) is 0 Å². The van der Waals surface area contributed by atoms with Crippen LogP contribution in [0.15, 0.2) is 0 Å². The van der Waals surface area contributed by atoms with E-state index >= 15 is 0 Å². The van der Waals surface area contributed by atoms with Crippen LogP contribution in [0.1, 0.15) is 32.1 Å². The van der Waals surface area contributed by atoms with Gasteiger partial charge in [0.05, 0.1) is 6.54 Å². The lowest BCUT2D eigenvalue weighted by atomic mass is 9.68. The Morgan fingerprint density at radius 3 is 2.27 bits per heavy atom. The molecule has 0 aromatic carbocycles. The molecule has 0 aromatic heterocycles. The van der Waals surface area contributed by atoms with Crippen molar-refractivity contribution in [1.82, 2.24) is 4.90 Å². The first-order chi connectivity index (χ1) is 7.20. The number of fused-ring (bicyclic) bond motifs is 1. The Hall–Kier alpha value is -0.570. The molecule has 4 fully saturated rings. The van der Waals surface area contributed by atoms with Gasteiger partial charge in [0.15, 0.2) is 0 Å². The van der Waals surface area contributed by atoms with Crippen molar-refractivity contribution in [3.8, 4) is 0 Å². The number of aliphatic carboxylic acids is 1. The first kappa shape index (κ1) is 9.64. The van der Waals surface area contributed by atoms with E-state index in [0.717, 1.165) is 24.3 Å². The van der Waals surface area contributed by atoms with Crippen molar-refractivity contribution in [3.05, 3.63) is 0 Å². The van der Waals surface area contributed by atoms with Crippen LogP contribution in [0.2, 0.25) is 0 Å². The molecule has 15 heavy (non-hydrogen) atoms. The maximum absolute atomic E-state index is 10.8. The molecule has 0 radical (unpaired) electrons. The van der Waals surface area contributed by atoms with Crippen LogP contribution < -0.4 is 0 Å². The topological polar surface area (TPSA) is 40.5 Å². The van der Waals surface area contributed by atoms with Gasteiger partial charge in [0.2, 0.25) is 0 Å². The molecule has 0 aromatic rings. The minimum atomic E-state index is -0.656. The number of carboxylic acids is 1. The molecule has 2 saturated carbocycles. The Morgan fingerprint density at radius 2 is 1.67 bits per heavy atom. The molecule has 84 valence electrons. The summed E-state index contributed by atoms with van der Waals surface area (Å²) in [5, 5.41) is 8.91. The van der Waals surface area contributed by atoms with Gasteiger partial charge in [0, 0.05) is 12.6 Å². The van der Waals surface area contributed by atoms with Crippen molar-refractivity contribution in [2.45, 2.75) is 38.1 Å². The molecular formula is C12H19NO2. The number of carbonyl (C=O) groups is 1. The third kappa shape index (κ3) is 1.78. The third-order valence-electron chi connectivity index (χ3n) is 4.56. The number of nitrogens with zero attached hydrogens (tertiary/aromatic N) is 1. The normalized spacial score (nSPS) is 44.3. The van der Waals surface area contributed by atoms with Crippen molar-refractivity contribution in [2.24, 2.45) is 17.8 Å². The Balaban J connectivity index is 1.79. The molecule has 2 heterocycles. The number of hydrogen-bond donors (Lipinski definition) is 1. The largest absolute Gasteiger partial charge is 0.480 e. The van der Waals surface area contributed by atoms with Crippen LogP contribution in [-0.2, 0) is 4.79 Å². The highest BCUT2D eigenvalue weighted by Crippen LogP contribution is 2.47. The molecule has 2 aliphatic heterocycles. The van der Waals surface area contributed by atoms with Crippen molar-refractivity contribution in [2.75, 3.05) is 13.1 Å². The second kappa shape index (κ2) is 3.48. The Morgan fingerprint density at radius 1 is 1.07 bits per heavy atom. The average Bonchev–Trinajstić information content (AvgIpc) is 2.30. The van der Waals surface area contributed by atoms with E-state index in [9.17, 15) is 4.79 Å². The molecule has 2 atom stereocenters. The monoisotopic (exact) mass is 209 g/mol. The van der Waals surface area contributed by atoms with Crippen LogP contribution >= 0.6 is 0 Å². The number of carboxylic acid groups (broad SMARTS) is 1. The second-order valence-corrected chi connectivity index (χ2v) is 5.75. The molecule has 4 aliphatic rings. The van der Waals surface area contributed by atoms with Gasteiger partial charge in [-0.3, -0.25) is 9.69 Å². The Bertz CT molecular complexity index is 265. The zero-order valence-electron chi connectivity index (χ0n) is 9.06. The molecule has 3 nitrogen and oxygen atoms in total. The summed E-state index contributed by atoms with van der Waals surface area (Å²) < 4.78 is 0. The first-order valence-electron chi connectivity index (χ1n) is 6.16. The zero-order chi connectivity index (χ0) is 10.4. The predicted molar refractivity (Wildman–Crippen MR) is 56.6 cm³/mol. The van der Waals surface area contributed by atoms with Crippen LogP contribution in [0.5, 0.6) is 0 Å². The fraction of sp³-hybridized carbons (Fsp3) is 0.917. The van der Waals surface area contributed by atoms with Gasteiger partial charge in [0.1, 0.15) is 0 Å². The summed E-state index contributed by atoms with van der Waals surface area (Å²) >= 11 is 0. The van der Waals surface area contributed by atoms with E-state index in [2.05, 4.69) is 4.90 Å². The summed E-state index contributed by atoms with van der Waals surface area (Å²) in [5.41, 5.74) is 0. The number of rotatable bonds is 2. The van der Waals surface area contributed by atoms with Crippen molar-refractivity contribution < 1.29 is 9.90 Å². The van der Waals surface area contributed by atoms with Gasteiger partial charge < -0.3 is 5.11 Å². The lowest BCUT2D eigenvalue weighted by molar-refractivity contribution is -0.139. The molecule has 1 N–H and O–H groups in total. The number of hydrogen-bond acceptors (Lipinski definition) is 2. The van der Waals surface area contributed by atoms with Crippen LogP contribution in [0.3, 0.4) is 0 Å². The lowest BCUT2D eigenvalue weighted by Crippen LogP contribution is -2.40. The quantitative estimate of drug-likeness (QED) is 0.750. The molecular weight excluding hydrogens is 190 g/mol. The smallest absolute Gasteiger partial charge is 0.317 e. The molecule has 2 unspecified atom stereocenters. The molecule has 2 aliphatic carbocycles. The standard InChI is InChI=1S/C12H19NO2/c14-12(15)7-13-6-10-2-8-1-9(3-10)5-11(13)4-8/h8-11H,1-7H2,(H,14,15). The average molecular weight is 209 g/mol. The molecule has 0 spiro atoms. The maximum atomic E-state index is 10.8. The zero-order valence-corrected chi connectivity index (χ0v) is 9.06. The summed E-state index contributed by atoms with van der Waals surface area (Å²) in [6.07, 6.45) is 6.68. The van der Waals surface area contributed by atoms with Gasteiger partial charge in [-0.1, -0.05) is 0 Å². The SMILES string of the molecule is O=C(O)CN1CC2CC3CC(C2)CC1C3. The third-order valence-corrected chi connectivity index (χ3v) is 4.56. The van der Waals surface area contributed by atoms with E-state index in [4.69, 9.17) is 5.11 Å². The Labute approximate surface area is 90.5 Å². The first-order valence-corrected chi connectivity index (χ1v) is 6.16. The minimum Gasteiger partial charge on any atom is -0.480 e. The van der Waals surface area contributed by atoms with Crippen LogP contribution in [0.25, 0.3) is 0 Å². The van der Waals surface area contributed by atoms with E-state index in [0.29, 0.717) is 6.04 Å². The lowest BCUT2D eigenvalue weighted by Gasteiger charge is -2.38. The van der Waals surface area contributed by atoms with Crippen LogP contribution in [0.4, 0.5) is 0 Å². The summed E-state index contributed by atoms with van der Waals surface area (Å²) in [6, 6.07) is 0.581. The van der Waals surface area contributed by atoms with E-state index in [1.165, 1.54) is 32.1 Å². The van der Waals surface area contributed by atoms with E-state index < -0.39 is 5.97 Å². The van der Waals surface area contributed by atoms with Crippen molar-refractivity contribution in [1.29, 1.82) is 0 Å². The van der Waals surface area contributed by atoms with Crippen LogP contribution in [-0.4, -0.2) is 35.1 Å². The highest BCUT2D eigenvalue weighted by Gasteiger charge is 2.42. The molecule has 0 amide bonds. The summed E-state index contributed by atoms with van der Waals surface area (Å²) in [5.74, 6) is 1.95. The summed E-state index contributed by atoms with van der Waals surface area (Å²) in [7, 11) is 0. The van der Waals surface area contributed by atoms with Gasteiger partial charge in [-0.2, -0.15) is 0 Å². The fourth-order valence-corrected chi connectivity index (χ4v) is 4.25. The van der Waals surface area contributed by atoms with Gasteiger partial charge >= 0.3 is 5.97 Å². The Kier molecular flexibility index (Phi) is 2.23. The van der Waals surface area contributed by atoms with E-state index in [1.807, 2.05) is 0 Å². The van der Waals surface area contributed by atoms with E-state index in [-0.39, 0.29) is 6.54 Å². The van der Waals surface area contributed by atoms with E-state index in [1.54, 1.807) is 0 Å². The van der Waals surface area contributed by atoms with Crippen LogP contribution in [0, 0.1) is 17.8 Å². The fourth-order valence-electron chi connectivity index (χ4n) is 4.25. The molecule has 4 bridgehead atoms. The second-order valence-electron chi connectivity index (χ2n) is 5.75. The molecule has 2 saturated heterocycles. The maximum Gasteiger partial charge on any atom is 0.317 e. The predicted octanol–water partition coefficient (Wildman–Crippen LogP) is 1.58. The molecule has 3 heteroatoms. The minimum absolute atomic E-state index is 0.264. The highest BCUT2D eigenvalue weighted by atomic mass is 16.4. The van der Waals surface area contributed by atoms with Gasteiger partial charge in [-0.05, 0) is 49.9 Å². The van der Waals surface area contributed by atoms with Crippen molar-refractivity contribution in [3.63, 3.8) is 0 Å². The highest BCUT2D eigenvalue weighted by molar-refractivity contribution is 5.69. The van der Waals surface area contributed by atoms with Crippen molar-refractivity contribution >= 4 is 5.97 Å². The molecule has 4 rings (SSSR count). The summed E-state index contributed by atoms with van der Waals surface area (Å²) in [6.45, 7) is 1.31. The van der Waals surface area contributed by atoms with Gasteiger partial charge in [0.25, 0.3) is 0 Å². The van der Waals surface area contributed by atoms with Gasteiger partial charge in [-0.25, -0.2) is 0 Å². The summed E-state index contributed by atoms with van der Waals surface area (Å²) in [4.78, 5) is 13.1.